The molecule has 114 valence electrons. The van der Waals surface area contributed by atoms with Crippen LogP contribution in [0.5, 0.6) is 0 Å². The molecule has 1 aliphatic heterocycles. The molecule has 5 nitrogen and oxygen atoms in total. The van der Waals surface area contributed by atoms with E-state index in [4.69, 9.17) is 10.8 Å². The lowest BCUT2D eigenvalue weighted by atomic mass is 9.97. The third-order valence-corrected chi connectivity index (χ3v) is 4.91. The van der Waals surface area contributed by atoms with Gasteiger partial charge in [0.25, 0.3) is 0 Å². The molecule has 1 aromatic carbocycles. The second kappa shape index (κ2) is 6.85. The van der Waals surface area contributed by atoms with Crippen LogP contribution in [0.25, 0.3) is 0 Å². The van der Waals surface area contributed by atoms with Crippen molar-refractivity contribution in [3.63, 3.8) is 0 Å². The monoisotopic (exact) mass is 308 g/mol. The number of rotatable bonds is 4. The third-order valence-electron chi connectivity index (χ3n) is 3.75. The van der Waals surface area contributed by atoms with E-state index < -0.39 is 5.97 Å². The van der Waals surface area contributed by atoms with E-state index in [1.807, 2.05) is 25.1 Å². The number of nitrogens with zero attached hydrogens (tertiary/aromatic N) is 1. The summed E-state index contributed by atoms with van der Waals surface area (Å²) in [5.74, 6) is -0.613. The number of hydrogen-bond acceptors (Lipinski definition) is 4. The number of nitrogens with two attached hydrogens (primary N) is 1. The Hall–Kier alpha value is -1.69. The minimum atomic E-state index is -0.756. The van der Waals surface area contributed by atoms with Crippen molar-refractivity contribution in [2.45, 2.75) is 24.7 Å². The summed E-state index contributed by atoms with van der Waals surface area (Å²) in [6, 6.07) is 5.66. The summed E-state index contributed by atoms with van der Waals surface area (Å²) in [4.78, 5) is 25.9. The first-order valence-electron chi connectivity index (χ1n) is 6.97. The maximum absolute atomic E-state index is 12.2. The van der Waals surface area contributed by atoms with E-state index in [-0.39, 0.29) is 11.8 Å². The summed E-state index contributed by atoms with van der Waals surface area (Å²) in [5.41, 5.74) is 7.49. The Labute approximate surface area is 128 Å². The average Bonchev–Trinajstić information content (AvgIpc) is 2.46. The van der Waals surface area contributed by atoms with Gasteiger partial charge in [-0.3, -0.25) is 9.59 Å². The number of likely N-dealkylation sites (tertiary alicyclic amines) is 1. The standard InChI is InChI=1S/C15H20N2O3S/c1-10-8-12(16)2-3-13(10)21-9-14(18)17-6-4-11(5-7-17)15(19)20/h2-3,8,11H,4-7,9,16H2,1H3,(H,19,20). The maximum atomic E-state index is 12.2. The van der Waals surface area contributed by atoms with Crippen LogP contribution in [0.4, 0.5) is 5.69 Å². The molecule has 0 aliphatic carbocycles. The van der Waals surface area contributed by atoms with Crippen LogP contribution >= 0.6 is 11.8 Å². The van der Waals surface area contributed by atoms with Crippen molar-refractivity contribution < 1.29 is 14.7 Å². The van der Waals surface area contributed by atoms with Crippen molar-refractivity contribution in [1.82, 2.24) is 4.90 Å². The molecular formula is C15H20N2O3S. The normalized spacial score (nSPS) is 16.0. The molecule has 0 saturated carbocycles. The molecule has 0 bridgehead atoms. The second-order valence-corrected chi connectivity index (χ2v) is 6.32. The minimum Gasteiger partial charge on any atom is -0.481 e. The van der Waals surface area contributed by atoms with Crippen molar-refractivity contribution in [2.24, 2.45) is 5.92 Å². The molecule has 3 N–H and O–H groups in total. The number of carboxylic acid groups (broad SMARTS) is 1. The zero-order valence-electron chi connectivity index (χ0n) is 12.0. The number of aliphatic carboxylic acids is 1. The van der Waals surface area contributed by atoms with Crippen LogP contribution in [-0.4, -0.2) is 40.7 Å². The van der Waals surface area contributed by atoms with Crippen LogP contribution in [0.2, 0.25) is 0 Å². The van der Waals surface area contributed by atoms with Crippen molar-refractivity contribution in [3.8, 4) is 0 Å². The summed E-state index contributed by atoms with van der Waals surface area (Å²) in [5, 5.41) is 8.95. The summed E-state index contributed by atoms with van der Waals surface area (Å²) in [6.07, 6.45) is 1.10. The fourth-order valence-corrected chi connectivity index (χ4v) is 3.35. The van der Waals surface area contributed by atoms with Gasteiger partial charge in [0.15, 0.2) is 0 Å². The van der Waals surface area contributed by atoms with E-state index >= 15 is 0 Å². The summed E-state index contributed by atoms with van der Waals surface area (Å²) >= 11 is 1.50. The van der Waals surface area contributed by atoms with Gasteiger partial charge in [-0.1, -0.05) is 0 Å². The molecule has 0 spiro atoms. The van der Waals surface area contributed by atoms with E-state index in [0.29, 0.717) is 31.7 Å². The molecule has 21 heavy (non-hydrogen) atoms. The van der Waals surface area contributed by atoms with Crippen LogP contribution in [0.3, 0.4) is 0 Å². The SMILES string of the molecule is Cc1cc(N)ccc1SCC(=O)N1CCC(C(=O)O)CC1. The van der Waals surface area contributed by atoms with E-state index in [2.05, 4.69) is 0 Å². The number of carbonyl (C=O) groups excluding carboxylic acids is 1. The number of piperidine rings is 1. The first-order chi connectivity index (χ1) is 9.97. The van der Waals surface area contributed by atoms with Gasteiger partial charge in [0, 0.05) is 23.7 Å². The molecule has 1 fully saturated rings. The Balaban J connectivity index is 1.84. The fourth-order valence-electron chi connectivity index (χ4n) is 2.44. The van der Waals surface area contributed by atoms with Crippen molar-refractivity contribution in [1.29, 1.82) is 0 Å². The number of anilines is 1. The zero-order valence-corrected chi connectivity index (χ0v) is 12.9. The molecule has 1 saturated heterocycles. The van der Waals surface area contributed by atoms with E-state index in [1.165, 1.54) is 11.8 Å². The smallest absolute Gasteiger partial charge is 0.306 e. The molecule has 0 aromatic heterocycles. The Morgan fingerprint density at radius 2 is 2.05 bits per heavy atom. The fraction of sp³-hybridized carbons (Fsp3) is 0.467. The first-order valence-corrected chi connectivity index (χ1v) is 7.95. The number of amides is 1. The minimum absolute atomic E-state index is 0.0695. The number of thioether (sulfide) groups is 1. The molecule has 0 atom stereocenters. The van der Waals surface area contributed by atoms with E-state index in [9.17, 15) is 9.59 Å². The lowest BCUT2D eigenvalue weighted by Crippen LogP contribution is -2.41. The molecule has 1 heterocycles. The first kappa shape index (κ1) is 15.7. The van der Waals surface area contributed by atoms with E-state index in [0.717, 1.165) is 16.1 Å². The predicted molar refractivity (Wildman–Crippen MR) is 83.3 cm³/mol. The van der Waals surface area contributed by atoms with Crippen molar-refractivity contribution in [3.05, 3.63) is 23.8 Å². The highest BCUT2D eigenvalue weighted by molar-refractivity contribution is 8.00. The Bertz CT molecular complexity index is 540. The highest BCUT2D eigenvalue weighted by atomic mass is 32.2. The van der Waals surface area contributed by atoms with Gasteiger partial charge in [-0.25, -0.2) is 0 Å². The number of benzene rings is 1. The highest BCUT2D eigenvalue weighted by Crippen LogP contribution is 2.25. The summed E-state index contributed by atoms with van der Waals surface area (Å²) in [7, 11) is 0. The average molecular weight is 308 g/mol. The number of carboxylic acids is 1. The number of aryl methyl sites for hydroxylation is 1. The van der Waals surface area contributed by atoms with Gasteiger partial charge in [0.05, 0.1) is 11.7 Å². The summed E-state index contributed by atoms with van der Waals surface area (Å²) in [6.45, 7) is 3.05. The van der Waals surface area contributed by atoms with Crippen molar-refractivity contribution >= 4 is 29.3 Å². The van der Waals surface area contributed by atoms with Crippen molar-refractivity contribution in [2.75, 3.05) is 24.6 Å². The molecular weight excluding hydrogens is 288 g/mol. The molecule has 2 rings (SSSR count). The lowest BCUT2D eigenvalue weighted by Gasteiger charge is -2.30. The second-order valence-electron chi connectivity index (χ2n) is 5.31. The molecule has 1 aliphatic rings. The van der Waals surface area contributed by atoms with Gasteiger partial charge in [-0.2, -0.15) is 0 Å². The van der Waals surface area contributed by atoms with Gasteiger partial charge in [0.1, 0.15) is 0 Å². The largest absolute Gasteiger partial charge is 0.481 e. The lowest BCUT2D eigenvalue weighted by molar-refractivity contribution is -0.145. The topological polar surface area (TPSA) is 83.6 Å². The van der Waals surface area contributed by atoms with Gasteiger partial charge in [-0.05, 0) is 43.5 Å². The van der Waals surface area contributed by atoms with Gasteiger partial charge < -0.3 is 15.7 Å². The zero-order chi connectivity index (χ0) is 15.4. The van der Waals surface area contributed by atoms with Gasteiger partial charge in [0.2, 0.25) is 5.91 Å². The van der Waals surface area contributed by atoms with E-state index in [1.54, 1.807) is 4.90 Å². The van der Waals surface area contributed by atoms with Crippen LogP contribution < -0.4 is 5.73 Å². The van der Waals surface area contributed by atoms with Gasteiger partial charge >= 0.3 is 5.97 Å². The molecule has 0 unspecified atom stereocenters. The van der Waals surface area contributed by atoms with Crippen LogP contribution in [-0.2, 0) is 9.59 Å². The Morgan fingerprint density at radius 1 is 1.38 bits per heavy atom. The molecule has 6 heteroatoms. The molecule has 1 aromatic rings. The van der Waals surface area contributed by atoms with Crippen LogP contribution in [0, 0.1) is 12.8 Å². The summed E-state index contributed by atoms with van der Waals surface area (Å²) < 4.78 is 0. The van der Waals surface area contributed by atoms with Crippen LogP contribution in [0.1, 0.15) is 18.4 Å². The van der Waals surface area contributed by atoms with Gasteiger partial charge in [-0.15, -0.1) is 11.8 Å². The number of hydrogen-bond donors (Lipinski definition) is 2. The highest BCUT2D eigenvalue weighted by Gasteiger charge is 2.26. The molecule has 0 radical (unpaired) electrons. The number of nitrogen functional groups attached to an aromatic ring is 1. The quantitative estimate of drug-likeness (QED) is 0.656. The Morgan fingerprint density at radius 3 is 2.62 bits per heavy atom. The number of carbonyl (C=O) groups is 2. The Kier molecular flexibility index (Phi) is 5.12. The third kappa shape index (κ3) is 4.14. The maximum Gasteiger partial charge on any atom is 0.306 e. The van der Waals surface area contributed by atoms with Crippen LogP contribution in [0.15, 0.2) is 23.1 Å². The predicted octanol–water partition coefficient (Wildman–Crippen LogP) is 1.99. The molecule has 1 amide bonds.